The fraction of sp³-hybridized carbons (Fsp3) is 0.213. The number of fused-ring (bicyclic) bond motifs is 12. The van der Waals surface area contributed by atoms with Gasteiger partial charge in [0.2, 0.25) is 0 Å². The molecule has 13 rings (SSSR count). The van der Waals surface area contributed by atoms with Crippen LogP contribution in [0.4, 0.5) is 17.1 Å². The number of para-hydroxylation sites is 1. The predicted molar refractivity (Wildman–Crippen MR) is 266 cm³/mol. The number of benzene rings is 8. The van der Waals surface area contributed by atoms with Crippen LogP contribution in [-0.4, -0.2) is 0 Å². The zero-order valence-electron chi connectivity index (χ0n) is 36.1. The summed E-state index contributed by atoms with van der Waals surface area (Å²) in [4.78, 5) is 2.54. The van der Waals surface area contributed by atoms with Crippen LogP contribution in [0.25, 0.3) is 42.4 Å². The molecule has 2 fully saturated rings. The molecule has 3 unspecified atom stereocenters. The molecule has 5 atom stereocenters. The predicted octanol–water partition coefficient (Wildman–Crippen LogP) is 16.6. The molecular formula is C61H51NS. The van der Waals surface area contributed by atoms with Crippen molar-refractivity contribution in [3.05, 3.63) is 221 Å². The molecule has 0 amide bonds. The van der Waals surface area contributed by atoms with E-state index >= 15 is 0 Å². The molecule has 1 heterocycles. The van der Waals surface area contributed by atoms with Gasteiger partial charge in [-0.05, 0) is 147 Å². The minimum atomic E-state index is -0.412. The molecule has 2 heteroatoms. The van der Waals surface area contributed by atoms with Crippen LogP contribution in [0.1, 0.15) is 79.3 Å². The van der Waals surface area contributed by atoms with Gasteiger partial charge in [0.1, 0.15) is 0 Å². The average Bonchev–Trinajstić information content (AvgIpc) is 3.86. The highest BCUT2D eigenvalue weighted by molar-refractivity contribution is 7.26. The zero-order chi connectivity index (χ0) is 41.9. The molecule has 8 aromatic carbocycles. The minimum Gasteiger partial charge on any atom is -0.310 e. The van der Waals surface area contributed by atoms with Gasteiger partial charge in [-0.3, -0.25) is 0 Å². The van der Waals surface area contributed by atoms with Crippen molar-refractivity contribution >= 4 is 48.6 Å². The highest BCUT2D eigenvalue weighted by atomic mass is 32.1. The first-order chi connectivity index (χ1) is 31.1. The molecule has 1 aromatic heterocycles. The summed E-state index contributed by atoms with van der Waals surface area (Å²) in [5.74, 6) is 2.63. The Labute approximate surface area is 375 Å². The van der Waals surface area contributed by atoms with Gasteiger partial charge in [-0.2, -0.15) is 0 Å². The second-order valence-corrected chi connectivity index (χ2v) is 20.3. The lowest BCUT2D eigenvalue weighted by atomic mass is 9.41. The van der Waals surface area contributed by atoms with Gasteiger partial charge in [0.25, 0.3) is 0 Å². The number of rotatable bonds is 5. The number of hydrogen-bond acceptors (Lipinski definition) is 2. The van der Waals surface area contributed by atoms with Crippen LogP contribution in [0.5, 0.6) is 0 Å². The first-order valence-electron chi connectivity index (χ1n) is 23.4. The Bertz CT molecular complexity index is 3180. The monoisotopic (exact) mass is 829 g/mol. The molecule has 306 valence electrons. The summed E-state index contributed by atoms with van der Waals surface area (Å²) >= 11 is 1.91. The quantitative estimate of drug-likeness (QED) is 0.167. The van der Waals surface area contributed by atoms with Gasteiger partial charge in [0, 0.05) is 42.6 Å². The number of nitrogens with zero attached hydrogens (tertiary/aromatic N) is 1. The summed E-state index contributed by atoms with van der Waals surface area (Å²) < 4.78 is 2.69. The Balaban J connectivity index is 1.09. The third-order valence-corrected chi connectivity index (χ3v) is 17.4. The van der Waals surface area contributed by atoms with E-state index in [-0.39, 0.29) is 5.41 Å². The van der Waals surface area contributed by atoms with Crippen LogP contribution >= 0.6 is 11.3 Å². The molecular weight excluding hydrogens is 779 g/mol. The smallest absolute Gasteiger partial charge is 0.0719 e. The molecule has 0 N–H and O–H groups in total. The van der Waals surface area contributed by atoms with E-state index in [0.717, 1.165) is 11.8 Å². The molecule has 63 heavy (non-hydrogen) atoms. The Hall–Kier alpha value is -6.22. The van der Waals surface area contributed by atoms with Crippen molar-refractivity contribution in [1.82, 2.24) is 0 Å². The van der Waals surface area contributed by atoms with E-state index in [1.807, 2.05) is 11.3 Å². The highest BCUT2D eigenvalue weighted by Gasteiger charge is 2.62. The second-order valence-electron chi connectivity index (χ2n) is 19.2. The van der Waals surface area contributed by atoms with Gasteiger partial charge < -0.3 is 4.90 Å². The molecule has 9 aromatic rings. The van der Waals surface area contributed by atoms with Crippen molar-refractivity contribution in [2.45, 2.75) is 56.8 Å². The third kappa shape index (κ3) is 5.16. The molecule has 4 aliphatic rings. The van der Waals surface area contributed by atoms with Crippen LogP contribution in [0.15, 0.2) is 188 Å². The molecule has 2 bridgehead atoms. The van der Waals surface area contributed by atoms with Gasteiger partial charge in [0.05, 0.1) is 5.41 Å². The van der Waals surface area contributed by atoms with Gasteiger partial charge in [-0.1, -0.05) is 166 Å². The molecule has 4 aliphatic carbocycles. The summed E-state index contributed by atoms with van der Waals surface area (Å²) in [6.07, 6.45) is 6.41. The minimum absolute atomic E-state index is 0.0845. The van der Waals surface area contributed by atoms with Crippen molar-refractivity contribution < 1.29 is 0 Å². The molecule has 2 spiro atoms. The van der Waals surface area contributed by atoms with E-state index in [4.69, 9.17) is 0 Å². The van der Waals surface area contributed by atoms with Gasteiger partial charge in [-0.25, -0.2) is 0 Å². The van der Waals surface area contributed by atoms with Crippen molar-refractivity contribution in [2.24, 2.45) is 23.7 Å². The standard InChI is InChI=1S/C61H51NS/c1-3-40-35-42-33-39(2)34-43(36-40)60(42)54-28-12-13-29-55(54)61(52-26-10-7-21-48(52)49-22-8-11-27-53(49)61)56-32-31-46(38-57(56)60)62(44-18-5-4-6-19-44)45-20-15-17-41(37-45)47-24-16-25-51-50-23-9-14-30-58(50)63-59(47)51/h4-32,37-40,42-43H,3,33-36H2,1-2H3/t39?,40?,42-,43+,60?. The van der Waals surface area contributed by atoms with E-state index in [0.29, 0.717) is 11.8 Å². The van der Waals surface area contributed by atoms with E-state index in [1.165, 1.54) is 114 Å². The topological polar surface area (TPSA) is 3.24 Å². The molecule has 0 saturated heterocycles. The summed E-state index contributed by atoms with van der Waals surface area (Å²) in [7, 11) is 0. The lowest BCUT2D eigenvalue weighted by molar-refractivity contribution is 0.0180. The summed E-state index contributed by atoms with van der Waals surface area (Å²) in [5.41, 5.74) is 17.3. The van der Waals surface area contributed by atoms with Crippen molar-refractivity contribution in [2.75, 3.05) is 4.90 Å². The number of anilines is 3. The summed E-state index contributed by atoms with van der Waals surface area (Å²) in [6, 6.07) is 72.3. The van der Waals surface area contributed by atoms with E-state index in [2.05, 4.69) is 207 Å². The fourth-order valence-electron chi connectivity index (χ4n) is 13.9. The van der Waals surface area contributed by atoms with Crippen molar-refractivity contribution in [3.8, 4) is 22.3 Å². The summed E-state index contributed by atoms with van der Waals surface area (Å²) in [5, 5.41) is 2.67. The highest BCUT2D eigenvalue weighted by Crippen LogP contribution is 2.69. The Morgan fingerprint density at radius 3 is 1.79 bits per heavy atom. The van der Waals surface area contributed by atoms with Crippen LogP contribution < -0.4 is 4.90 Å². The third-order valence-electron chi connectivity index (χ3n) is 16.1. The van der Waals surface area contributed by atoms with Crippen molar-refractivity contribution in [3.63, 3.8) is 0 Å². The Morgan fingerprint density at radius 1 is 0.476 bits per heavy atom. The van der Waals surface area contributed by atoms with Gasteiger partial charge >= 0.3 is 0 Å². The summed E-state index contributed by atoms with van der Waals surface area (Å²) in [6.45, 7) is 4.98. The maximum Gasteiger partial charge on any atom is 0.0719 e. The van der Waals surface area contributed by atoms with Crippen LogP contribution in [0.3, 0.4) is 0 Å². The van der Waals surface area contributed by atoms with E-state index in [1.54, 1.807) is 11.1 Å². The van der Waals surface area contributed by atoms with Crippen LogP contribution in [0.2, 0.25) is 0 Å². The largest absolute Gasteiger partial charge is 0.310 e. The van der Waals surface area contributed by atoms with Crippen LogP contribution in [-0.2, 0) is 10.8 Å². The van der Waals surface area contributed by atoms with Gasteiger partial charge in [-0.15, -0.1) is 11.3 Å². The SMILES string of the molecule is CCC1C[C@H]2CC(C)C[C@@H](C1)C21c2ccccc2C2(c3ccccc3-c3ccccc32)c2ccc(N(c3ccccc3)c3cccc(-c4cccc5c4sc4ccccc45)c3)cc21. The first kappa shape index (κ1) is 37.3. The van der Waals surface area contributed by atoms with Crippen molar-refractivity contribution in [1.29, 1.82) is 0 Å². The van der Waals surface area contributed by atoms with Crippen LogP contribution in [0, 0.1) is 23.7 Å². The maximum atomic E-state index is 2.70. The second kappa shape index (κ2) is 14.1. The fourth-order valence-corrected chi connectivity index (χ4v) is 15.1. The number of hydrogen-bond donors (Lipinski definition) is 0. The maximum absolute atomic E-state index is 2.70. The molecule has 1 nitrogen and oxygen atoms in total. The number of thiophene rings is 1. The lowest BCUT2D eigenvalue weighted by Crippen LogP contribution is -2.56. The molecule has 2 saturated carbocycles. The molecule has 0 radical (unpaired) electrons. The average molecular weight is 830 g/mol. The van der Waals surface area contributed by atoms with E-state index < -0.39 is 5.41 Å². The Morgan fingerprint density at radius 2 is 1.05 bits per heavy atom. The normalized spacial score (nSPS) is 22.4. The first-order valence-corrected chi connectivity index (χ1v) is 24.2. The molecule has 0 aliphatic heterocycles. The van der Waals surface area contributed by atoms with E-state index in [9.17, 15) is 0 Å². The lowest BCUT2D eigenvalue weighted by Gasteiger charge is -2.62. The Kier molecular flexibility index (Phi) is 8.39. The van der Waals surface area contributed by atoms with Gasteiger partial charge in [0.15, 0.2) is 0 Å². The zero-order valence-corrected chi connectivity index (χ0v) is 36.9.